The Morgan fingerprint density at radius 3 is 2.55 bits per heavy atom. The van der Waals surface area contributed by atoms with E-state index < -0.39 is 11.4 Å². The van der Waals surface area contributed by atoms with Gasteiger partial charge in [-0.05, 0) is 37.6 Å². The smallest absolute Gasteiger partial charge is 0.313 e. The molecule has 0 bridgehead atoms. The van der Waals surface area contributed by atoms with Gasteiger partial charge in [0.25, 0.3) is 0 Å². The number of nitrogens with one attached hydrogen (secondary N) is 1. The van der Waals surface area contributed by atoms with Gasteiger partial charge in [-0.25, -0.2) is 0 Å². The SMILES string of the molecule is CC(C)(C(=O)O)c1ccccc1NCc1ccccn1. The van der Waals surface area contributed by atoms with Crippen molar-refractivity contribution < 1.29 is 9.90 Å². The molecular formula is C16H18N2O2. The summed E-state index contributed by atoms with van der Waals surface area (Å²) in [5.41, 5.74) is 1.57. The van der Waals surface area contributed by atoms with Gasteiger partial charge in [0.15, 0.2) is 0 Å². The Balaban J connectivity index is 2.23. The lowest BCUT2D eigenvalue weighted by Crippen LogP contribution is -2.29. The molecule has 4 heteroatoms. The first-order chi connectivity index (χ1) is 9.51. The molecule has 0 atom stereocenters. The van der Waals surface area contributed by atoms with Gasteiger partial charge >= 0.3 is 5.97 Å². The summed E-state index contributed by atoms with van der Waals surface area (Å²) in [7, 11) is 0. The fraction of sp³-hybridized carbons (Fsp3) is 0.250. The summed E-state index contributed by atoms with van der Waals surface area (Å²) in [6, 6.07) is 13.2. The van der Waals surface area contributed by atoms with Crippen molar-refractivity contribution in [2.45, 2.75) is 25.8 Å². The van der Waals surface area contributed by atoms with Crippen LogP contribution in [-0.2, 0) is 16.8 Å². The van der Waals surface area contributed by atoms with Crippen LogP contribution in [0.25, 0.3) is 0 Å². The third kappa shape index (κ3) is 2.96. The number of rotatable bonds is 5. The van der Waals surface area contributed by atoms with Gasteiger partial charge in [-0.1, -0.05) is 24.3 Å². The molecule has 1 aromatic carbocycles. The highest BCUT2D eigenvalue weighted by atomic mass is 16.4. The molecule has 0 unspecified atom stereocenters. The Hall–Kier alpha value is -2.36. The number of anilines is 1. The molecule has 0 aliphatic heterocycles. The molecule has 0 fully saturated rings. The third-order valence-corrected chi connectivity index (χ3v) is 3.32. The van der Waals surface area contributed by atoms with E-state index in [1.165, 1.54) is 0 Å². The summed E-state index contributed by atoms with van der Waals surface area (Å²) in [6.45, 7) is 3.97. The van der Waals surface area contributed by atoms with Crippen LogP contribution in [0.1, 0.15) is 25.1 Å². The highest BCUT2D eigenvalue weighted by Gasteiger charge is 2.31. The molecule has 0 radical (unpaired) electrons. The van der Waals surface area contributed by atoms with Crippen LogP contribution in [-0.4, -0.2) is 16.1 Å². The first-order valence-corrected chi connectivity index (χ1v) is 6.48. The first kappa shape index (κ1) is 14.1. The zero-order valence-electron chi connectivity index (χ0n) is 11.6. The zero-order valence-corrected chi connectivity index (χ0v) is 11.6. The number of pyridine rings is 1. The van der Waals surface area contributed by atoms with Gasteiger partial charge < -0.3 is 10.4 Å². The maximum Gasteiger partial charge on any atom is 0.313 e. The number of aromatic nitrogens is 1. The van der Waals surface area contributed by atoms with Crippen molar-refractivity contribution in [1.82, 2.24) is 4.98 Å². The van der Waals surface area contributed by atoms with E-state index in [-0.39, 0.29) is 0 Å². The molecule has 104 valence electrons. The van der Waals surface area contributed by atoms with E-state index in [0.717, 1.165) is 16.9 Å². The quantitative estimate of drug-likeness (QED) is 0.876. The van der Waals surface area contributed by atoms with Gasteiger partial charge in [-0.15, -0.1) is 0 Å². The average Bonchev–Trinajstić information content (AvgIpc) is 2.46. The van der Waals surface area contributed by atoms with Crippen molar-refractivity contribution in [2.24, 2.45) is 0 Å². The lowest BCUT2D eigenvalue weighted by Gasteiger charge is -2.23. The van der Waals surface area contributed by atoms with Crippen LogP contribution in [0.4, 0.5) is 5.69 Å². The van der Waals surface area contributed by atoms with Gasteiger partial charge in [-0.3, -0.25) is 9.78 Å². The largest absolute Gasteiger partial charge is 0.481 e. The van der Waals surface area contributed by atoms with Crippen LogP contribution in [0.3, 0.4) is 0 Å². The average molecular weight is 270 g/mol. The highest BCUT2D eigenvalue weighted by Crippen LogP contribution is 2.30. The number of aliphatic carboxylic acids is 1. The minimum absolute atomic E-state index is 0.563. The van der Waals surface area contributed by atoms with Crippen LogP contribution >= 0.6 is 0 Å². The molecule has 1 heterocycles. The molecule has 2 aromatic rings. The normalized spacial score (nSPS) is 11.1. The Kier molecular flexibility index (Phi) is 4.03. The molecule has 0 saturated carbocycles. The van der Waals surface area contributed by atoms with Crippen molar-refractivity contribution in [2.75, 3.05) is 5.32 Å². The number of carboxylic acid groups (broad SMARTS) is 1. The molecule has 0 aliphatic rings. The zero-order chi connectivity index (χ0) is 14.6. The van der Waals surface area contributed by atoms with E-state index in [2.05, 4.69) is 10.3 Å². The number of nitrogens with zero attached hydrogens (tertiary/aromatic N) is 1. The van der Waals surface area contributed by atoms with Crippen LogP contribution in [0.2, 0.25) is 0 Å². The third-order valence-electron chi connectivity index (χ3n) is 3.32. The predicted molar refractivity (Wildman–Crippen MR) is 78.7 cm³/mol. The van der Waals surface area contributed by atoms with Gasteiger partial charge in [0.2, 0.25) is 0 Å². The van der Waals surface area contributed by atoms with E-state index in [0.29, 0.717) is 6.54 Å². The van der Waals surface area contributed by atoms with Crippen molar-refractivity contribution in [1.29, 1.82) is 0 Å². The molecule has 0 saturated heterocycles. The second-order valence-electron chi connectivity index (χ2n) is 5.15. The molecular weight excluding hydrogens is 252 g/mol. The Bertz CT molecular complexity index is 594. The number of hydrogen-bond donors (Lipinski definition) is 2. The lowest BCUT2D eigenvalue weighted by molar-refractivity contribution is -0.142. The molecule has 0 aliphatic carbocycles. The Labute approximate surface area is 118 Å². The van der Waals surface area contributed by atoms with E-state index >= 15 is 0 Å². The molecule has 2 N–H and O–H groups in total. The summed E-state index contributed by atoms with van der Waals surface area (Å²) in [5.74, 6) is -0.843. The number of hydrogen-bond acceptors (Lipinski definition) is 3. The fourth-order valence-corrected chi connectivity index (χ4v) is 1.99. The van der Waals surface area contributed by atoms with E-state index in [4.69, 9.17) is 0 Å². The van der Waals surface area contributed by atoms with Crippen LogP contribution in [0.5, 0.6) is 0 Å². The van der Waals surface area contributed by atoms with Gasteiger partial charge in [0.1, 0.15) is 0 Å². The monoisotopic (exact) mass is 270 g/mol. The van der Waals surface area contributed by atoms with Crippen LogP contribution in [0, 0.1) is 0 Å². The van der Waals surface area contributed by atoms with Crippen molar-refractivity contribution in [3.8, 4) is 0 Å². The topological polar surface area (TPSA) is 62.2 Å². The van der Waals surface area contributed by atoms with Crippen molar-refractivity contribution >= 4 is 11.7 Å². The minimum atomic E-state index is -0.937. The summed E-state index contributed by atoms with van der Waals surface area (Å²) in [6.07, 6.45) is 1.74. The first-order valence-electron chi connectivity index (χ1n) is 6.48. The number of benzene rings is 1. The predicted octanol–water partition coefficient (Wildman–Crippen LogP) is 3.06. The summed E-state index contributed by atoms with van der Waals surface area (Å²) < 4.78 is 0. The maximum absolute atomic E-state index is 11.4. The fourth-order valence-electron chi connectivity index (χ4n) is 1.99. The van der Waals surface area contributed by atoms with Crippen LogP contribution < -0.4 is 5.32 Å². The van der Waals surface area contributed by atoms with Gasteiger partial charge in [-0.2, -0.15) is 0 Å². The lowest BCUT2D eigenvalue weighted by atomic mass is 9.83. The number of carboxylic acids is 1. The summed E-state index contributed by atoms with van der Waals surface area (Å²) in [5, 5.41) is 12.6. The van der Waals surface area contributed by atoms with E-state index in [1.54, 1.807) is 20.0 Å². The van der Waals surface area contributed by atoms with Crippen LogP contribution in [0.15, 0.2) is 48.7 Å². The van der Waals surface area contributed by atoms with Gasteiger partial charge in [0, 0.05) is 11.9 Å². The Morgan fingerprint density at radius 2 is 1.90 bits per heavy atom. The second kappa shape index (κ2) is 5.74. The molecule has 4 nitrogen and oxygen atoms in total. The molecule has 0 amide bonds. The summed E-state index contributed by atoms with van der Waals surface area (Å²) >= 11 is 0. The van der Waals surface area contributed by atoms with E-state index in [9.17, 15) is 9.90 Å². The van der Waals surface area contributed by atoms with Gasteiger partial charge in [0.05, 0.1) is 17.7 Å². The molecule has 2 rings (SSSR count). The molecule has 1 aromatic heterocycles. The summed E-state index contributed by atoms with van der Waals surface area (Å²) in [4.78, 5) is 15.6. The number of carbonyl (C=O) groups is 1. The second-order valence-corrected chi connectivity index (χ2v) is 5.15. The number of para-hydroxylation sites is 1. The van der Waals surface area contributed by atoms with E-state index in [1.807, 2.05) is 42.5 Å². The molecule has 20 heavy (non-hydrogen) atoms. The standard InChI is InChI=1S/C16H18N2O2/c1-16(2,15(19)20)13-8-3-4-9-14(13)18-11-12-7-5-6-10-17-12/h3-10,18H,11H2,1-2H3,(H,19,20). The Morgan fingerprint density at radius 1 is 1.20 bits per heavy atom. The minimum Gasteiger partial charge on any atom is -0.481 e. The van der Waals surface area contributed by atoms with Crippen molar-refractivity contribution in [3.05, 3.63) is 59.9 Å². The maximum atomic E-state index is 11.4. The molecule has 0 spiro atoms. The highest BCUT2D eigenvalue weighted by molar-refractivity contribution is 5.83. The van der Waals surface area contributed by atoms with Crippen molar-refractivity contribution in [3.63, 3.8) is 0 Å².